The quantitative estimate of drug-likeness (QED) is 0.0195. The predicted octanol–water partition coefficient (Wildman–Crippen LogP) is 17.8. The first-order chi connectivity index (χ1) is 37.0. The summed E-state index contributed by atoms with van der Waals surface area (Å²) >= 11 is 0. The van der Waals surface area contributed by atoms with E-state index in [1.54, 1.807) is 0 Å². The molecule has 9 nitrogen and oxygen atoms in total. The largest absolute Gasteiger partial charge is 0.756 e. The van der Waals surface area contributed by atoms with Crippen LogP contribution in [-0.2, 0) is 32.7 Å². The molecule has 10 heteroatoms. The molecule has 2 unspecified atom stereocenters. The summed E-state index contributed by atoms with van der Waals surface area (Å²) in [7, 11) is 1.12. The maximum atomic E-state index is 12.8. The fraction of sp³-hybridized carbons (Fsp3) is 0.576. The van der Waals surface area contributed by atoms with E-state index in [-0.39, 0.29) is 26.1 Å². The number of carbonyl (C=O) groups excluding carboxylic acids is 2. The second-order valence-electron chi connectivity index (χ2n) is 19.9. The minimum Gasteiger partial charge on any atom is -0.756 e. The lowest BCUT2D eigenvalue weighted by atomic mass is 10.1. The first-order valence-electron chi connectivity index (χ1n) is 29.2. The predicted molar refractivity (Wildman–Crippen MR) is 323 cm³/mol. The average Bonchev–Trinajstić information content (AvgIpc) is 3.38. The number of rotatable bonds is 51. The van der Waals surface area contributed by atoms with Crippen molar-refractivity contribution in [3.63, 3.8) is 0 Å². The first-order valence-corrected chi connectivity index (χ1v) is 30.7. The van der Waals surface area contributed by atoms with Gasteiger partial charge in [-0.3, -0.25) is 14.2 Å². The second-order valence-corrected chi connectivity index (χ2v) is 21.3. The highest BCUT2D eigenvalue weighted by atomic mass is 31.2. The number of hydrogen-bond acceptors (Lipinski definition) is 8. The molecule has 0 saturated heterocycles. The standard InChI is InChI=1S/C66H106NO8P/c1-6-8-10-12-14-16-18-20-22-23-24-25-26-27-28-29-30-31-32-33-34-35-36-37-38-39-40-41-42-43-45-47-49-51-53-55-57-59-66(69)75-64(63-74-76(70,71)73-61-60-67(3,4)5)62-72-65(68)58-56-54-52-50-48-46-44-21-19-17-15-13-11-9-7-2/h8-11,14-17,20-22,24-25,27-28,30-31,33-34,36-37,39-40,42-44,64H,6-7,12-13,18-19,23,26,29,32,35,38,41,45-63H2,1-5H3/b10-8-,11-9-,16-14-,17-15-,22-20-,25-24-,28-27-,31-30-,34-33-,37-36-,40-39-,43-42-,44-21-. The normalized spacial score (nSPS) is 14.4. The lowest BCUT2D eigenvalue weighted by Crippen LogP contribution is -2.37. The molecular formula is C66H106NO8P. The molecule has 0 fully saturated rings. The molecule has 0 rings (SSSR count). The van der Waals surface area contributed by atoms with Crippen molar-refractivity contribution < 1.29 is 42.1 Å². The summed E-state index contributed by atoms with van der Waals surface area (Å²) in [4.78, 5) is 37.8. The van der Waals surface area contributed by atoms with Crippen LogP contribution in [0.4, 0.5) is 0 Å². The number of nitrogens with zero attached hydrogens (tertiary/aromatic N) is 1. The van der Waals surface area contributed by atoms with Crippen molar-refractivity contribution in [1.29, 1.82) is 0 Å². The summed E-state index contributed by atoms with van der Waals surface area (Å²) < 4.78 is 34.1. The van der Waals surface area contributed by atoms with E-state index < -0.39 is 32.5 Å². The summed E-state index contributed by atoms with van der Waals surface area (Å²) in [6.45, 7) is 3.94. The van der Waals surface area contributed by atoms with E-state index in [2.05, 4.69) is 172 Å². The Kier molecular flexibility index (Phi) is 52.2. The molecule has 0 aliphatic heterocycles. The topological polar surface area (TPSA) is 111 Å². The van der Waals surface area contributed by atoms with Gasteiger partial charge in [0.05, 0.1) is 27.7 Å². The SMILES string of the molecule is CC/C=C\C/C=C\C/C=C\C/C=C\C/C=C\C/C=C\C/C=C\C/C=C\C/C=C\C/C=C\CCCCCCCCC(=O)OC(COC(=O)CCCCCCC/C=C\C/C=C\C/C=C\CC)COP(=O)([O-])OCC[N+](C)(C)C. The van der Waals surface area contributed by atoms with Crippen LogP contribution >= 0.6 is 7.82 Å². The van der Waals surface area contributed by atoms with Crippen molar-refractivity contribution >= 4 is 19.8 Å². The van der Waals surface area contributed by atoms with E-state index in [4.69, 9.17) is 18.5 Å². The van der Waals surface area contributed by atoms with Crippen molar-refractivity contribution in [1.82, 2.24) is 0 Å². The number of ether oxygens (including phenoxy) is 2. The number of esters is 2. The molecular weight excluding hydrogens is 966 g/mol. The molecule has 0 aromatic heterocycles. The van der Waals surface area contributed by atoms with Crippen LogP contribution in [0.15, 0.2) is 158 Å². The van der Waals surface area contributed by atoms with E-state index in [0.717, 1.165) is 154 Å². The van der Waals surface area contributed by atoms with Crippen LogP contribution in [-0.4, -0.2) is 70.0 Å². The highest BCUT2D eigenvalue weighted by molar-refractivity contribution is 7.45. The molecule has 0 N–H and O–H groups in total. The molecule has 76 heavy (non-hydrogen) atoms. The van der Waals surface area contributed by atoms with Crippen molar-refractivity contribution in [2.75, 3.05) is 47.5 Å². The van der Waals surface area contributed by atoms with Crippen molar-refractivity contribution in [3.05, 3.63) is 158 Å². The molecule has 2 atom stereocenters. The number of unbranched alkanes of at least 4 members (excludes halogenated alkanes) is 11. The van der Waals surface area contributed by atoms with Gasteiger partial charge >= 0.3 is 11.9 Å². The number of hydrogen-bond donors (Lipinski definition) is 0. The van der Waals surface area contributed by atoms with Crippen molar-refractivity contribution in [3.8, 4) is 0 Å². The lowest BCUT2D eigenvalue weighted by Gasteiger charge is -2.28. The third-order valence-electron chi connectivity index (χ3n) is 11.5. The summed E-state index contributed by atoms with van der Waals surface area (Å²) in [5.41, 5.74) is 0. The molecule has 0 bridgehead atoms. The number of phosphoric acid groups is 1. The Morgan fingerprint density at radius 3 is 1.05 bits per heavy atom. The van der Waals surface area contributed by atoms with Crippen molar-refractivity contribution in [2.45, 2.75) is 200 Å². The summed E-state index contributed by atoms with van der Waals surface area (Å²) in [6.07, 6.45) is 82.9. The smallest absolute Gasteiger partial charge is 0.306 e. The van der Waals surface area contributed by atoms with Crippen LogP contribution in [0.3, 0.4) is 0 Å². The Hall–Kier alpha value is -4.37. The van der Waals surface area contributed by atoms with Gasteiger partial charge in [0.1, 0.15) is 19.8 Å². The monoisotopic (exact) mass is 1070 g/mol. The molecule has 428 valence electrons. The van der Waals surface area contributed by atoms with Gasteiger partial charge in [-0.05, 0) is 122 Å². The first kappa shape index (κ1) is 71.6. The molecule has 0 saturated carbocycles. The number of allylic oxidation sites excluding steroid dienone is 26. The van der Waals surface area contributed by atoms with Gasteiger partial charge in [0, 0.05) is 12.8 Å². The fourth-order valence-electron chi connectivity index (χ4n) is 7.11. The average molecular weight is 1070 g/mol. The zero-order valence-corrected chi connectivity index (χ0v) is 49.3. The van der Waals surface area contributed by atoms with Gasteiger partial charge < -0.3 is 27.9 Å². The van der Waals surface area contributed by atoms with Gasteiger partial charge in [-0.2, -0.15) is 0 Å². The molecule has 0 amide bonds. The zero-order valence-electron chi connectivity index (χ0n) is 48.4. The molecule has 0 heterocycles. The minimum absolute atomic E-state index is 0.0461. The van der Waals surface area contributed by atoms with Gasteiger partial charge in [0.15, 0.2) is 6.10 Å². The Balaban J connectivity index is 4.21. The van der Waals surface area contributed by atoms with Crippen molar-refractivity contribution in [2.24, 2.45) is 0 Å². The van der Waals surface area contributed by atoms with Crippen LogP contribution in [0, 0.1) is 0 Å². The third kappa shape index (κ3) is 58.9. The molecule has 0 aromatic carbocycles. The maximum Gasteiger partial charge on any atom is 0.306 e. The van der Waals surface area contributed by atoms with E-state index in [9.17, 15) is 19.0 Å². The van der Waals surface area contributed by atoms with Crippen LogP contribution in [0.5, 0.6) is 0 Å². The number of phosphoric ester groups is 1. The summed E-state index contributed by atoms with van der Waals surface area (Å²) in [5.74, 6) is -0.885. The van der Waals surface area contributed by atoms with Crippen LogP contribution in [0.2, 0.25) is 0 Å². The Morgan fingerprint density at radius 1 is 0.408 bits per heavy atom. The summed E-state index contributed by atoms with van der Waals surface area (Å²) in [5, 5.41) is 0. The maximum absolute atomic E-state index is 12.8. The Labute approximate surface area is 465 Å². The van der Waals surface area contributed by atoms with Crippen LogP contribution in [0.1, 0.15) is 194 Å². The molecule has 0 aliphatic carbocycles. The summed E-state index contributed by atoms with van der Waals surface area (Å²) in [6, 6.07) is 0. The van der Waals surface area contributed by atoms with Gasteiger partial charge in [-0.25, -0.2) is 0 Å². The van der Waals surface area contributed by atoms with Crippen LogP contribution in [0.25, 0.3) is 0 Å². The van der Waals surface area contributed by atoms with E-state index in [1.807, 2.05) is 21.1 Å². The highest BCUT2D eigenvalue weighted by Crippen LogP contribution is 2.38. The van der Waals surface area contributed by atoms with E-state index >= 15 is 0 Å². The molecule has 0 aromatic rings. The van der Waals surface area contributed by atoms with Crippen LogP contribution < -0.4 is 4.89 Å². The molecule has 0 spiro atoms. The third-order valence-corrected chi connectivity index (χ3v) is 12.5. The van der Waals surface area contributed by atoms with Gasteiger partial charge in [0.2, 0.25) is 0 Å². The zero-order chi connectivity index (χ0) is 55.6. The van der Waals surface area contributed by atoms with Gasteiger partial charge in [-0.15, -0.1) is 0 Å². The second kappa shape index (κ2) is 55.4. The Morgan fingerprint density at radius 2 is 0.711 bits per heavy atom. The lowest BCUT2D eigenvalue weighted by molar-refractivity contribution is -0.870. The van der Waals surface area contributed by atoms with E-state index in [1.165, 1.54) is 0 Å². The van der Waals surface area contributed by atoms with E-state index in [0.29, 0.717) is 23.9 Å². The highest BCUT2D eigenvalue weighted by Gasteiger charge is 2.21. The minimum atomic E-state index is -4.65. The number of likely N-dealkylation sites (N-methyl/N-ethyl adjacent to an activating group) is 1. The molecule has 0 radical (unpaired) electrons. The number of quaternary nitrogens is 1. The van der Waals surface area contributed by atoms with Gasteiger partial charge in [0.25, 0.3) is 7.82 Å². The molecule has 0 aliphatic rings. The fourth-order valence-corrected chi connectivity index (χ4v) is 7.84. The number of carbonyl (C=O) groups is 2. The van der Waals surface area contributed by atoms with Gasteiger partial charge in [-0.1, -0.05) is 217 Å². The Bertz CT molecular complexity index is 1840.